The zero-order chi connectivity index (χ0) is 18.0. The Kier molecular flexibility index (Phi) is 4.49. The molecule has 128 valence electrons. The topological polar surface area (TPSA) is 113 Å². The molecular formula is C18H16N2O5. The van der Waals surface area contributed by atoms with Gasteiger partial charge in [0.05, 0.1) is 11.5 Å². The first kappa shape index (κ1) is 16.7. The molecule has 0 bridgehead atoms. The van der Waals surface area contributed by atoms with E-state index in [2.05, 4.69) is 10.5 Å². The molecule has 7 nitrogen and oxygen atoms in total. The van der Waals surface area contributed by atoms with Crippen molar-refractivity contribution >= 4 is 22.8 Å². The molecule has 3 rings (SSSR count). The Morgan fingerprint density at radius 1 is 1.16 bits per heavy atom. The van der Waals surface area contributed by atoms with Crippen LogP contribution >= 0.6 is 0 Å². The highest BCUT2D eigenvalue weighted by atomic mass is 16.5. The summed E-state index contributed by atoms with van der Waals surface area (Å²) in [4.78, 5) is 23.5. The van der Waals surface area contributed by atoms with E-state index in [4.69, 9.17) is 9.63 Å². The second-order valence-electron chi connectivity index (χ2n) is 5.64. The number of carboxylic acid groups (broad SMARTS) is 1. The van der Waals surface area contributed by atoms with E-state index in [9.17, 15) is 14.7 Å². The lowest BCUT2D eigenvalue weighted by atomic mass is 10.1. The van der Waals surface area contributed by atoms with Gasteiger partial charge in [-0.25, -0.2) is 4.79 Å². The first-order valence-electron chi connectivity index (χ1n) is 7.64. The van der Waals surface area contributed by atoms with Crippen LogP contribution in [0.1, 0.15) is 17.3 Å². The maximum Gasteiger partial charge on any atom is 0.328 e. The third-order valence-corrected chi connectivity index (χ3v) is 3.81. The van der Waals surface area contributed by atoms with Crippen molar-refractivity contribution in [3.63, 3.8) is 0 Å². The minimum absolute atomic E-state index is 0.250. The molecular weight excluding hydrogens is 324 g/mol. The van der Waals surface area contributed by atoms with Gasteiger partial charge in [-0.1, -0.05) is 35.5 Å². The Bertz CT molecular complexity index is 918. The standard InChI is InChI=1S/C18H16N2O5/c1-10(21)15(18(23)24)19-17(22)12-7-8-14-13(9-12)16(25-20-14)11-5-3-2-4-6-11/h2-10,15,21H,1H3,(H,19,22)(H,23,24)/t10-,15+/m1/s1. The van der Waals surface area contributed by atoms with Crippen LogP contribution < -0.4 is 5.32 Å². The lowest BCUT2D eigenvalue weighted by Gasteiger charge is -2.16. The molecule has 7 heteroatoms. The van der Waals surface area contributed by atoms with E-state index in [1.165, 1.54) is 13.0 Å². The largest absolute Gasteiger partial charge is 0.480 e. The highest BCUT2D eigenvalue weighted by molar-refractivity contribution is 6.02. The zero-order valence-corrected chi connectivity index (χ0v) is 13.3. The summed E-state index contributed by atoms with van der Waals surface area (Å²) < 4.78 is 5.38. The van der Waals surface area contributed by atoms with E-state index >= 15 is 0 Å². The van der Waals surface area contributed by atoms with Crippen LogP contribution in [0.15, 0.2) is 53.1 Å². The third-order valence-electron chi connectivity index (χ3n) is 3.81. The number of aliphatic hydroxyl groups is 1. The number of fused-ring (bicyclic) bond motifs is 1. The first-order chi connectivity index (χ1) is 12.0. The second kappa shape index (κ2) is 6.74. The van der Waals surface area contributed by atoms with Gasteiger partial charge in [0.25, 0.3) is 5.91 Å². The molecule has 0 radical (unpaired) electrons. The van der Waals surface area contributed by atoms with Crippen molar-refractivity contribution in [2.24, 2.45) is 0 Å². The van der Waals surface area contributed by atoms with Crippen LogP contribution in [-0.2, 0) is 4.79 Å². The zero-order valence-electron chi connectivity index (χ0n) is 13.3. The minimum Gasteiger partial charge on any atom is -0.480 e. The predicted molar refractivity (Wildman–Crippen MR) is 90.0 cm³/mol. The Morgan fingerprint density at radius 3 is 2.52 bits per heavy atom. The fourth-order valence-electron chi connectivity index (χ4n) is 2.49. The highest BCUT2D eigenvalue weighted by Gasteiger charge is 2.25. The van der Waals surface area contributed by atoms with Crippen molar-refractivity contribution in [2.75, 3.05) is 0 Å². The fourth-order valence-corrected chi connectivity index (χ4v) is 2.49. The molecule has 0 aliphatic heterocycles. The molecule has 0 saturated carbocycles. The highest BCUT2D eigenvalue weighted by Crippen LogP contribution is 2.29. The second-order valence-corrected chi connectivity index (χ2v) is 5.64. The van der Waals surface area contributed by atoms with Crippen molar-refractivity contribution < 1.29 is 24.3 Å². The van der Waals surface area contributed by atoms with Crippen LogP contribution in [0.2, 0.25) is 0 Å². The van der Waals surface area contributed by atoms with Gasteiger partial charge in [0.1, 0.15) is 5.52 Å². The number of amides is 1. The van der Waals surface area contributed by atoms with Crippen LogP contribution in [-0.4, -0.2) is 39.4 Å². The Labute approximate surface area is 142 Å². The summed E-state index contributed by atoms with van der Waals surface area (Å²) in [6, 6.07) is 12.7. The van der Waals surface area contributed by atoms with Crippen LogP contribution in [0.3, 0.4) is 0 Å². The molecule has 2 atom stereocenters. The molecule has 1 heterocycles. The van der Waals surface area contributed by atoms with Crippen LogP contribution in [0.5, 0.6) is 0 Å². The molecule has 0 aliphatic carbocycles. The molecule has 1 aromatic heterocycles. The van der Waals surface area contributed by atoms with Gasteiger partial charge < -0.3 is 20.1 Å². The summed E-state index contributed by atoms with van der Waals surface area (Å²) in [5, 5.41) is 25.5. The van der Waals surface area contributed by atoms with E-state index in [1.54, 1.807) is 12.1 Å². The fraction of sp³-hybridized carbons (Fsp3) is 0.167. The van der Waals surface area contributed by atoms with Gasteiger partial charge in [0, 0.05) is 11.1 Å². The lowest BCUT2D eigenvalue weighted by molar-refractivity contribution is -0.141. The Morgan fingerprint density at radius 2 is 1.88 bits per heavy atom. The van der Waals surface area contributed by atoms with E-state index in [0.29, 0.717) is 16.7 Å². The maximum absolute atomic E-state index is 12.3. The number of aliphatic hydroxyl groups excluding tert-OH is 1. The monoisotopic (exact) mass is 340 g/mol. The number of aliphatic carboxylic acids is 1. The van der Waals surface area contributed by atoms with Gasteiger partial charge in [0.2, 0.25) is 0 Å². The summed E-state index contributed by atoms with van der Waals surface area (Å²) in [7, 11) is 0. The van der Waals surface area contributed by atoms with E-state index in [-0.39, 0.29) is 5.56 Å². The molecule has 2 aromatic carbocycles. The predicted octanol–water partition coefficient (Wildman–Crippen LogP) is 2.06. The third kappa shape index (κ3) is 3.36. The average molecular weight is 340 g/mol. The quantitative estimate of drug-likeness (QED) is 0.655. The summed E-state index contributed by atoms with van der Waals surface area (Å²) in [6.45, 7) is 1.30. The molecule has 0 unspecified atom stereocenters. The summed E-state index contributed by atoms with van der Waals surface area (Å²) in [5.74, 6) is -1.38. The number of nitrogens with one attached hydrogen (secondary N) is 1. The van der Waals surface area contributed by atoms with E-state index < -0.39 is 24.0 Å². The maximum atomic E-state index is 12.3. The summed E-state index contributed by atoms with van der Waals surface area (Å²) in [5.41, 5.74) is 1.65. The number of rotatable bonds is 5. The summed E-state index contributed by atoms with van der Waals surface area (Å²) in [6.07, 6.45) is -1.22. The summed E-state index contributed by atoms with van der Waals surface area (Å²) >= 11 is 0. The van der Waals surface area contributed by atoms with Crippen molar-refractivity contribution in [2.45, 2.75) is 19.1 Å². The molecule has 0 spiro atoms. The number of benzene rings is 2. The minimum atomic E-state index is -1.39. The Hall–Kier alpha value is -3.19. The van der Waals surface area contributed by atoms with Crippen molar-refractivity contribution in [3.05, 3.63) is 54.1 Å². The molecule has 3 N–H and O–H groups in total. The van der Waals surface area contributed by atoms with Gasteiger partial charge in [-0.15, -0.1) is 0 Å². The van der Waals surface area contributed by atoms with Gasteiger partial charge in [-0.3, -0.25) is 4.79 Å². The molecule has 25 heavy (non-hydrogen) atoms. The van der Waals surface area contributed by atoms with Gasteiger partial charge >= 0.3 is 5.97 Å². The van der Waals surface area contributed by atoms with Gasteiger partial charge in [0.15, 0.2) is 11.8 Å². The number of hydrogen-bond donors (Lipinski definition) is 3. The molecule has 0 aliphatic rings. The van der Waals surface area contributed by atoms with Crippen LogP contribution in [0.4, 0.5) is 0 Å². The molecule has 0 saturated heterocycles. The molecule has 3 aromatic rings. The molecule has 1 amide bonds. The van der Waals surface area contributed by atoms with Crippen LogP contribution in [0, 0.1) is 0 Å². The number of carbonyl (C=O) groups excluding carboxylic acids is 1. The first-order valence-corrected chi connectivity index (χ1v) is 7.64. The lowest BCUT2D eigenvalue weighted by Crippen LogP contribution is -2.47. The normalized spacial score (nSPS) is 13.4. The molecule has 0 fully saturated rings. The van der Waals surface area contributed by atoms with E-state index in [0.717, 1.165) is 5.56 Å². The number of nitrogens with zero attached hydrogens (tertiary/aromatic N) is 1. The van der Waals surface area contributed by atoms with Crippen molar-refractivity contribution in [3.8, 4) is 11.3 Å². The average Bonchev–Trinajstić information content (AvgIpc) is 3.02. The van der Waals surface area contributed by atoms with Gasteiger partial charge in [-0.05, 0) is 25.1 Å². The smallest absolute Gasteiger partial charge is 0.328 e. The Balaban J connectivity index is 1.95. The van der Waals surface area contributed by atoms with Crippen molar-refractivity contribution in [1.29, 1.82) is 0 Å². The van der Waals surface area contributed by atoms with Crippen molar-refractivity contribution in [1.82, 2.24) is 10.5 Å². The number of aromatic nitrogens is 1. The number of carbonyl (C=O) groups is 2. The van der Waals surface area contributed by atoms with Gasteiger partial charge in [-0.2, -0.15) is 0 Å². The van der Waals surface area contributed by atoms with E-state index in [1.807, 2.05) is 30.3 Å². The SMILES string of the molecule is C[C@@H](O)[C@H](NC(=O)c1ccc2noc(-c3ccccc3)c2c1)C(=O)O. The number of hydrogen-bond acceptors (Lipinski definition) is 5. The number of carboxylic acids is 1. The van der Waals surface area contributed by atoms with Crippen LogP contribution in [0.25, 0.3) is 22.2 Å².